The minimum absolute atomic E-state index is 0.0721. The highest BCUT2D eigenvalue weighted by Gasteiger charge is 2.76. The number of ether oxygens (including phenoxy) is 1. The second-order valence-electron chi connectivity index (χ2n) is 10.4. The number of carbonyl (C=O) groups excluding carboxylic acids is 3. The molecule has 1 aliphatic carbocycles. The quantitative estimate of drug-likeness (QED) is 0.632. The summed E-state index contributed by atoms with van der Waals surface area (Å²) in [4.78, 5) is 47.3. The van der Waals surface area contributed by atoms with E-state index in [4.69, 9.17) is 4.74 Å². The van der Waals surface area contributed by atoms with Crippen LogP contribution in [0.5, 0.6) is 0 Å². The van der Waals surface area contributed by atoms with Crippen LogP contribution in [0.3, 0.4) is 0 Å². The molecule has 1 aromatic heterocycles. The third-order valence-electron chi connectivity index (χ3n) is 8.15. The predicted molar refractivity (Wildman–Crippen MR) is 134 cm³/mol. The van der Waals surface area contributed by atoms with Gasteiger partial charge < -0.3 is 15.4 Å². The maximum absolute atomic E-state index is 14.1. The molecular formula is C28H30N4O4. The number of rotatable bonds is 5. The number of benzene rings is 1. The third-order valence-corrected chi connectivity index (χ3v) is 8.15. The van der Waals surface area contributed by atoms with Crippen LogP contribution in [0.2, 0.25) is 0 Å². The molecule has 8 heteroatoms. The van der Waals surface area contributed by atoms with Gasteiger partial charge in [-0.25, -0.2) is 0 Å². The smallest absolute Gasteiger partial charge is 0.246 e. The Hall–Kier alpha value is -3.52. The van der Waals surface area contributed by atoms with Gasteiger partial charge in [-0.3, -0.25) is 24.3 Å². The van der Waals surface area contributed by atoms with Crippen LogP contribution < -0.4 is 15.5 Å². The molecule has 6 rings (SSSR count). The number of amides is 3. The number of aromatic nitrogens is 1. The number of pyridine rings is 1. The Morgan fingerprint density at radius 1 is 1.03 bits per heavy atom. The van der Waals surface area contributed by atoms with Gasteiger partial charge in [-0.15, -0.1) is 0 Å². The van der Waals surface area contributed by atoms with Gasteiger partial charge in [-0.1, -0.05) is 49.6 Å². The van der Waals surface area contributed by atoms with Gasteiger partial charge in [0.05, 0.1) is 29.3 Å². The summed E-state index contributed by atoms with van der Waals surface area (Å²) in [5.74, 6) is -2.47. The second-order valence-corrected chi connectivity index (χ2v) is 10.4. The van der Waals surface area contributed by atoms with Crippen LogP contribution in [-0.4, -0.2) is 46.0 Å². The Bertz CT molecular complexity index is 1210. The summed E-state index contributed by atoms with van der Waals surface area (Å²) in [6.07, 6.45) is 12.1. The fourth-order valence-electron chi connectivity index (χ4n) is 6.58. The van der Waals surface area contributed by atoms with Crippen molar-refractivity contribution in [2.45, 2.75) is 62.3 Å². The molecule has 4 aliphatic rings. The summed E-state index contributed by atoms with van der Waals surface area (Å²) < 4.78 is 6.57. The summed E-state index contributed by atoms with van der Waals surface area (Å²) in [6.45, 7) is 1.82. The molecule has 2 aromatic rings. The van der Waals surface area contributed by atoms with E-state index < -0.39 is 29.1 Å². The van der Waals surface area contributed by atoms with Gasteiger partial charge in [0.15, 0.2) is 0 Å². The van der Waals surface area contributed by atoms with Gasteiger partial charge in [0.1, 0.15) is 11.6 Å². The molecule has 2 saturated heterocycles. The summed E-state index contributed by atoms with van der Waals surface area (Å²) in [6, 6.07) is 11.8. The van der Waals surface area contributed by atoms with Crippen molar-refractivity contribution in [3.05, 3.63) is 67.0 Å². The summed E-state index contributed by atoms with van der Waals surface area (Å²) in [5.41, 5.74) is -1.07. The van der Waals surface area contributed by atoms with Crippen LogP contribution in [0.1, 0.15) is 39.0 Å². The van der Waals surface area contributed by atoms with Gasteiger partial charge in [0.2, 0.25) is 17.7 Å². The lowest BCUT2D eigenvalue weighted by molar-refractivity contribution is -0.131. The Balaban J connectivity index is 1.39. The molecule has 1 aromatic carbocycles. The number of fused-ring (bicyclic) bond motifs is 1. The predicted octanol–water partition coefficient (Wildman–Crippen LogP) is 3.21. The number of carbonyl (C=O) groups is 3. The molecule has 8 nitrogen and oxygen atoms in total. The van der Waals surface area contributed by atoms with Crippen molar-refractivity contribution >= 4 is 29.1 Å². The van der Waals surface area contributed by atoms with E-state index in [-0.39, 0.29) is 23.8 Å². The number of anilines is 2. The number of nitrogens with one attached hydrogen (secondary N) is 2. The lowest BCUT2D eigenvalue weighted by Crippen LogP contribution is -2.56. The molecule has 186 valence electrons. The zero-order valence-corrected chi connectivity index (χ0v) is 20.2. The lowest BCUT2D eigenvalue weighted by atomic mass is 9.70. The molecule has 3 fully saturated rings. The molecule has 0 unspecified atom stereocenters. The first kappa shape index (κ1) is 22.9. The average Bonchev–Trinajstić information content (AvgIpc) is 3.46. The SMILES string of the molecule is C[C@]12C=C[C@]3(O1)[C@H](C(=O)N(c1cccnc1)[C@@H]3C(=O)NC1CCCCC1)[C@@H]2C(=O)Nc1ccccc1. The molecule has 3 amide bonds. The van der Waals surface area contributed by atoms with Crippen molar-refractivity contribution in [3.8, 4) is 0 Å². The number of para-hydroxylation sites is 1. The van der Waals surface area contributed by atoms with Crippen molar-refractivity contribution in [1.29, 1.82) is 0 Å². The minimum atomic E-state index is -1.24. The van der Waals surface area contributed by atoms with E-state index in [2.05, 4.69) is 15.6 Å². The highest BCUT2D eigenvalue weighted by molar-refractivity contribution is 6.11. The normalized spacial score (nSPS) is 33.0. The standard InChI is InChI=1S/C28H30N4O4/c1-27-14-15-28(36-27)22(21(27)24(33)30-18-9-4-2-5-10-18)26(35)32(20-13-8-16-29-17-20)23(28)25(34)31-19-11-6-3-7-12-19/h2,4-5,8-10,13-17,19,21-23H,3,6-7,11-12H2,1H3,(H,30,33)(H,31,34)/t21-,22+,23-,27-,28+/m1/s1. The van der Waals surface area contributed by atoms with Crippen molar-refractivity contribution < 1.29 is 19.1 Å². The number of hydrogen-bond acceptors (Lipinski definition) is 5. The topological polar surface area (TPSA) is 101 Å². The van der Waals surface area contributed by atoms with E-state index in [9.17, 15) is 14.4 Å². The highest BCUT2D eigenvalue weighted by atomic mass is 16.5. The Kier molecular flexibility index (Phi) is 5.44. The minimum Gasteiger partial charge on any atom is -0.356 e. The van der Waals surface area contributed by atoms with E-state index in [1.165, 1.54) is 11.3 Å². The molecule has 2 bridgehead atoms. The van der Waals surface area contributed by atoms with Crippen molar-refractivity contribution in [2.24, 2.45) is 11.8 Å². The first-order valence-corrected chi connectivity index (χ1v) is 12.7. The zero-order chi connectivity index (χ0) is 24.9. The first-order valence-electron chi connectivity index (χ1n) is 12.7. The molecule has 1 saturated carbocycles. The molecule has 5 atom stereocenters. The summed E-state index contributed by atoms with van der Waals surface area (Å²) in [7, 11) is 0. The highest BCUT2D eigenvalue weighted by Crippen LogP contribution is 2.60. The summed E-state index contributed by atoms with van der Waals surface area (Å²) >= 11 is 0. The largest absolute Gasteiger partial charge is 0.356 e. The molecule has 4 heterocycles. The Morgan fingerprint density at radius 2 is 1.81 bits per heavy atom. The van der Waals surface area contributed by atoms with Crippen LogP contribution in [0, 0.1) is 11.8 Å². The van der Waals surface area contributed by atoms with Crippen molar-refractivity contribution in [3.63, 3.8) is 0 Å². The van der Waals surface area contributed by atoms with Crippen LogP contribution in [0.4, 0.5) is 11.4 Å². The van der Waals surface area contributed by atoms with Crippen molar-refractivity contribution in [1.82, 2.24) is 10.3 Å². The molecule has 2 N–H and O–H groups in total. The molecular weight excluding hydrogens is 456 g/mol. The van der Waals surface area contributed by atoms with Crippen LogP contribution in [0.15, 0.2) is 67.0 Å². The molecule has 0 radical (unpaired) electrons. The molecule has 3 aliphatic heterocycles. The second kappa shape index (κ2) is 8.55. The fourth-order valence-corrected chi connectivity index (χ4v) is 6.58. The van der Waals surface area contributed by atoms with Gasteiger partial charge in [-0.2, -0.15) is 0 Å². The average molecular weight is 487 g/mol. The van der Waals surface area contributed by atoms with E-state index in [0.717, 1.165) is 25.7 Å². The summed E-state index contributed by atoms with van der Waals surface area (Å²) in [5, 5.41) is 6.15. The van der Waals surface area contributed by atoms with Crippen molar-refractivity contribution in [2.75, 3.05) is 10.2 Å². The monoisotopic (exact) mass is 486 g/mol. The van der Waals surface area contributed by atoms with Crippen LogP contribution >= 0.6 is 0 Å². The number of hydrogen-bond donors (Lipinski definition) is 2. The van der Waals surface area contributed by atoms with Crippen LogP contribution in [0.25, 0.3) is 0 Å². The van der Waals surface area contributed by atoms with Crippen LogP contribution in [-0.2, 0) is 19.1 Å². The molecule has 1 spiro atoms. The van der Waals surface area contributed by atoms with Gasteiger partial charge >= 0.3 is 0 Å². The fraction of sp³-hybridized carbons (Fsp3) is 0.429. The zero-order valence-electron chi connectivity index (χ0n) is 20.2. The maximum Gasteiger partial charge on any atom is 0.246 e. The van der Waals surface area contributed by atoms with E-state index in [0.29, 0.717) is 11.4 Å². The van der Waals surface area contributed by atoms with E-state index in [1.54, 1.807) is 36.7 Å². The molecule has 36 heavy (non-hydrogen) atoms. The first-order chi connectivity index (χ1) is 17.4. The third kappa shape index (κ3) is 3.46. The van der Waals surface area contributed by atoms with Gasteiger partial charge in [0.25, 0.3) is 0 Å². The number of nitrogens with zero attached hydrogens (tertiary/aromatic N) is 2. The maximum atomic E-state index is 14.1. The van der Waals surface area contributed by atoms with Gasteiger partial charge in [0, 0.05) is 17.9 Å². The van der Waals surface area contributed by atoms with E-state index >= 15 is 0 Å². The lowest BCUT2D eigenvalue weighted by Gasteiger charge is -2.34. The Labute approximate surface area is 210 Å². The van der Waals surface area contributed by atoms with Gasteiger partial charge in [-0.05, 0) is 44.0 Å². The van der Waals surface area contributed by atoms with E-state index in [1.807, 2.05) is 37.3 Å². The Morgan fingerprint density at radius 3 is 2.53 bits per heavy atom.